The highest BCUT2D eigenvalue weighted by molar-refractivity contribution is 5.12. The molecule has 0 aromatic carbocycles. The highest BCUT2D eigenvalue weighted by Gasteiger charge is 2.22. The maximum Gasteiger partial charge on any atom is 0.0782 e. The van der Waals surface area contributed by atoms with Gasteiger partial charge in [-0.15, -0.1) is 0 Å². The van der Waals surface area contributed by atoms with Gasteiger partial charge < -0.3 is 10.2 Å². The van der Waals surface area contributed by atoms with E-state index in [0.717, 1.165) is 17.9 Å². The van der Waals surface area contributed by atoms with Crippen molar-refractivity contribution < 1.29 is 0 Å². The van der Waals surface area contributed by atoms with Gasteiger partial charge in [0.25, 0.3) is 0 Å². The van der Waals surface area contributed by atoms with E-state index in [9.17, 15) is 0 Å². The Morgan fingerprint density at radius 1 is 1.44 bits per heavy atom. The summed E-state index contributed by atoms with van der Waals surface area (Å²) >= 11 is 0. The molecule has 4 nitrogen and oxygen atoms in total. The van der Waals surface area contributed by atoms with E-state index in [2.05, 4.69) is 34.2 Å². The molecule has 1 aliphatic rings. The normalized spacial score (nSPS) is 23.6. The highest BCUT2D eigenvalue weighted by Crippen LogP contribution is 2.15. The molecule has 2 rings (SSSR count). The summed E-state index contributed by atoms with van der Waals surface area (Å²) < 4.78 is 0. The predicted octanol–water partition coefficient (Wildman–Crippen LogP) is 1.14. The zero-order valence-corrected chi connectivity index (χ0v) is 10.3. The molecule has 0 bridgehead atoms. The van der Waals surface area contributed by atoms with Gasteiger partial charge in [-0.2, -0.15) is 0 Å². The van der Waals surface area contributed by atoms with Crippen LogP contribution in [0.15, 0.2) is 12.4 Å². The highest BCUT2D eigenvalue weighted by atomic mass is 15.2. The van der Waals surface area contributed by atoms with Crippen LogP contribution in [0.4, 0.5) is 0 Å². The van der Waals surface area contributed by atoms with Crippen LogP contribution in [0, 0.1) is 6.92 Å². The van der Waals surface area contributed by atoms with Crippen molar-refractivity contribution in [2.45, 2.75) is 32.4 Å². The van der Waals surface area contributed by atoms with Crippen molar-refractivity contribution >= 4 is 0 Å². The molecule has 1 saturated heterocycles. The average Bonchev–Trinajstić information content (AvgIpc) is 2.64. The summed E-state index contributed by atoms with van der Waals surface area (Å²) in [4.78, 5) is 11.0. The van der Waals surface area contributed by atoms with E-state index in [4.69, 9.17) is 0 Å². The van der Waals surface area contributed by atoms with Gasteiger partial charge >= 0.3 is 0 Å². The average molecular weight is 220 g/mol. The van der Waals surface area contributed by atoms with Crippen molar-refractivity contribution in [3.8, 4) is 0 Å². The minimum atomic E-state index is 0.283. The van der Waals surface area contributed by atoms with Gasteiger partial charge in [-0.05, 0) is 33.9 Å². The number of rotatable bonds is 3. The lowest BCUT2D eigenvalue weighted by atomic mass is 10.1. The molecule has 1 aliphatic heterocycles. The van der Waals surface area contributed by atoms with Crippen LogP contribution >= 0.6 is 0 Å². The van der Waals surface area contributed by atoms with Crippen LogP contribution in [0.25, 0.3) is 0 Å². The Bertz CT molecular complexity index is 353. The Hall–Kier alpha value is -1.00. The molecule has 88 valence electrons. The molecule has 1 N–H and O–H groups in total. The smallest absolute Gasteiger partial charge is 0.0782 e. The molecule has 0 radical (unpaired) electrons. The summed E-state index contributed by atoms with van der Waals surface area (Å²) in [5, 5.41) is 3.62. The first-order valence-electron chi connectivity index (χ1n) is 5.89. The van der Waals surface area contributed by atoms with Crippen LogP contribution in [-0.4, -0.2) is 41.0 Å². The number of likely N-dealkylation sites (N-methyl/N-ethyl adjacent to an activating group) is 1. The van der Waals surface area contributed by atoms with Crippen LogP contribution < -0.4 is 5.32 Å². The topological polar surface area (TPSA) is 41.1 Å². The van der Waals surface area contributed by atoms with Crippen LogP contribution in [0.2, 0.25) is 0 Å². The zero-order valence-electron chi connectivity index (χ0n) is 10.3. The SMILES string of the molecule is Cc1nccnc1C(C)NC1CCN(C)C1. The fraction of sp³-hybridized carbons (Fsp3) is 0.667. The van der Waals surface area contributed by atoms with Gasteiger partial charge in [-0.3, -0.25) is 9.97 Å². The monoisotopic (exact) mass is 220 g/mol. The summed E-state index contributed by atoms with van der Waals surface area (Å²) in [6.45, 7) is 6.49. The number of aryl methyl sites for hydroxylation is 1. The first kappa shape index (κ1) is 11.5. The maximum absolute atomic E-state index is 4.40. The fourth-order valence-corrected chi connectivity index (χ4v) is 2.35. The first-order chi connectivity index (χ1) is 7.66. The third-order valence-corrected chi connectivity index (χ3v) is 3.21. The Balaban J connectivity index is 1.98. The molecule has 1 aromatic rings. The first-order valence-corrected chi connectivity index (χ1v) is 5.89. The molecule has 1 fully saturated rings. The van der Waals surface area contributed by atoms with Gasteiger partial charge in [0.2, 0.25) is 0 Å². The Kier molecular flexibility index (Phi) is 3.51. The Morgan fingerprint density at radius 3 is 2.81 bits per heavy atom. The minimum absolute atomic E-state index is 0.283. The van der Waals surface area contributed by atoms with Gasteiger partial charge in [0, 0.05) is 31.0 Å². The zero-order chi connectivity index (χ0) is 11.5. The van der Waals surface area contributed by atoms with Crippen molar-refractivity contribution in [1.82, 2.24) is 20.2 Å². The summed E-state index contributed by atoms with van der Waals surface area (Å²) in [5.74, 6) is 0. The molecule has 0 spiro atoms. The number of nitrogens with one attached hydrogen (secondary N) is 1. The van der Waals surface area contributed by atoms with Crippen molar-refractivity contribution in [3.63, 3.8) is 0 Å². The van der Waals surface area contributed by atoms with Crippen LogP contribution in [0.3, 0.4) is 0 Å². The van der Waals surface area contributed by atoms with E-state index in [1.807, 2.05) is 6.92 Å². The number of likely N-dealkylation sites (tertiary alicyclic amines) is 1. The summed E-state index contributed by atoms with van der Waals surface area (Å²) in [6, 6.07) is 0.867. The quantitative estimate of drug-likeness (QED) is 0.829. The second-order valence-electron chi connectivity index (χ2n) is 4.66. The predicted molar refractivity (Wildman–Crippen MR) is 64.2 cm³/mol. The molecule has 2 atom stereocenters. The Labute approximate surface area is 97.1 Å². The lowest BCUT2D eigenvalue weighted by Gasteiger charge is -2.19. The standard InChI is InChI=1S/C12H20N4/c1-9-12(14-6-5-13-9)10(2)15-11-4-7-16(3)8-11/h5-6,10-11,15H,4,7-8H2,1-3H3. The molecule has 0 aliphatic carbocycles. The molecule has 0 saturated carbocycles. The molecule has 4 heteroatoms. The minimum Gasteiger partial charge on any atom is -0.305 e. The summed E-state index contributed by atoms with van der Waals surface area (Å²) in [7, 11) is 2.17. The van der Waals surface area contributed by atoms with Gasteiger partial charge in [-0.25, -0.2) is 0 Å². The van der Waals surface area contributed by atoms with Crippen LogP contribution in [-0.2, 0) is 0 Å². The maximum atomic E-state index is 4.40. The van der Waals surface area contributed by atoms with Crippen molar-refractivity contribution in [2.75, 3.05) is 20.1 Å². The molecule has 0 amide bonds. The Morgan fingerprint density at radius 2 is 2.19 bits per heavy atom. The number of aromatic nitrogens is 2. The molecular weight excluding hydrogens is 200 g/mol. The number of hydrogen-bond acceptors (Lipinski definition) is 4. The second-order valence-corrected chi connectivity index (χ2v) is 4.66. The molecule has 16 heavy (non-hydrogen) atoms. The van der Waals surface area contributed by atoms with Crippen LogP contribution in [0.5, 0.6) is 0 Å². The number of hydrogen-bond donors (Lipinski definition) is 1. The molecule has 2 unspecified atom stereocenters. The largest absolute Gasteiger partial charge is 0.305 e. The summed E-state index contributed by atoms with van der Waals surface area (Å²) in [6.07, 6.45) is 4.73. The lowest BCUT2D eigenvalue weighted by Crippen LogP contribution is -2.34. The van der Waals surface area contributed by atoms with E-state index in [1.54, 1.807) is 12.4 Å². The lowest BCUT2D eigenvalue weighted by molar-refractivity contribution is 0.385. The fourth-order valence-electron chi connectivity index (χ4n) is 2.35. The van der Waals surface area contributed by atoms with Crippen LogP contribution in [0.1, 0.15) is 30.8 Å². The third kappa shape index (κ3) is 2.57. The van der Waals surface area contributed by atoms with Gasteiger partial charge in [0.1, 0.15) is 0 Å². The van der Waals surface area contributed by atoms with E-state index in [0.29, 0.717) is 6.04 Å². The van der Waals surface area contributed by atoms with Crippen molar-refractivity contribution in [3.05, 3.63) is 23.8 Å². The molecule has 2 heterocycles. The van der Waals surface area contributed by atoms with Crippen molar-refractivity contribution in [2.24, 2.45) is 0 Å². The molecular formula is C12H20N4. The summed E-state index contributed by atoms with van der Waals surface area (Å²) in [5.41, 5.74) is 2.09. The van der Waals surface area contributed by atoms with E-state index < -0.39 is 0 Å². The number of nitrogens with zero attached hydrogens (tertiary/aromatic N) is 3. The molecule has 1 aromatic heterocycles. The van der Waals surface area contributed by atoms with E-state index in [-0.39, 0.29) is 6.04 Å². The third-order valence-electron chi connectivity index (χ3n) is 3.21. The second kappa shape index (κ2) is 4.89. The van der Waals surface area contributed by atoms with E-state index >= 15 is 0 Å². The van der Waals surface area contributed by atoms with Crippen molar-refractivity contribution in [1.29, 1.82) is 0 Å². The van der Waals surface area contributed by atoms with Gasteiger partial charge in [-0.1, -0.05) is 0 Å². The van der Waals surface area contributed by atoms with E-state index in [1.165, 1.54) is 13.0 Å². The van der Waals surface area contributed by atoms with Gasteiger partial charge in [0.15, 0.2) is 0 Å². The van der Waals surface area contributed by atoms with Gasteiger partial charge in [0.05, 0.1) is 11.4 Å².